The number of carbonyl (C=O) groups is 1. The van der Waals surface area contributed by atoms with Crippen LogP contribution in [0.2, 0.25) is 0 Å². The molecule has 0 aromatic heterocycles. The van der Waals surface area contributed by atoms with Crippen molar-refractivity contribution in [3.8, 4) is 0 Å². The Bertz CT molecular complexity index is 532. The van der Waals surface area contributed by atoms with Crippen LogP contribution in [0.3, 0.4) is 0 Å². The largest absolute Gasteiger partial charge is 0.458 e. The molecule has 0 heterocycles. The zero-order chi connectivity index (χ0) is 19.2. The standard InChI is InChI=1S/C22H37NO3/c1-5-15-21(2,3)19(16-23-4)26-20(24)22(25,18-13-9-10-14-18)17-11-7-6-8-12-17/h6-7,11,18-19,23,25H,5,8-10,12-16H2,1-4H3/t19-,22?/m1/s1. The molecule has 26 heavy (non-hydrogen) atoms. The van der Waals surface area contributed by atoms with Crippen molar-refractivity contribution in [2.45, 2.75) is 83.8 Å². The highest BCUT2D eigenvalue weighted by Crippen LogP contribution is 2.42. The first-order valence-corrected chi connectivity index (χ1v) is 10.3. The second-order valence-corrected chi connectivity index (χ2v) is 8.60. The van der Waals surface area contributed by atoms with Crippen molar-refractivity contribution in [3.05, 3.63) is 23.8 Å². The third-order valence-corrected chi connectivity index (χ3v) is 6.17. The molecule has 0 aromatic carbocycles. The number of rotatable bonds is 9. The van der Waals surface area contributed by atoms with Gasteiger partial charge >= 0.3 is 5.97 Å². The highest BCUT2D eigenvalue weighted by molar-refractivity contribution is 5.84. The highest BCUT2D eigenvalue weighted by atomic mass is 16.6. The molecule has 0 radical (unpaired) electrons. The summed E-state index contributed by atoms with van der Waals surface area (Å²) >= 11 is 0. The Morgan fingerprint density at radius 3 is 2.62 bits per heavy atom. The van der Waals surface area contributed by atoms with Crippen LogP contribution in [0.5, 0.6) is 0 Å². The SMILES string of the molecule is CCCC(C)(C)[C@@H](CNC)OC(=O)C(O)(C1=CC=CCC1)C1CCCC1. The first-order valence-electron chi connectivity index (χ1n) is 10.3. The molecular formula is C22H37NO3. The van der Waals surface area contributed by atoms with Crippen LogP contribution in [0, 0.1) is 11.3 Å². The Morgan fingerprint density at radius 2 is 2.08 bits per heavy atom. The van der Waals surface area contributed by atoms with Crippen LogP contribution in [0.1, 0.15) is 72.1 Å². The summed E-state index contributed by atoms with van der Waals surface area (Å²) in [7, 11) is 1.88. The molecule has 148 valence electrons. The third-order valence-electron chi connectivity index (χ3n) is 6.17. The second-order valence-electron chi connectivity index (χ2n) is 8.60. The highest BCUT2D eigenvalue weighted by Gasteiger charge is 2.50. The summed E-state index contributed by atoms with van der Waals surface area (Å²) in [6, 6.07) is 0. The monoisotopic (exact) mass is 363 g/mol. The van der Waals surface area contributed by atoms with E-state index in [1.165, 1.54) is 0 Å². The number of aliphatic hydroxyl groups is 1. The van der Waals surface area contributed by atoms with Crippen molar-refractivity contribution >= 4 is 5.97 Å². The van der Waals surface area contributed by atoms with E-state index in [-0.39, 0.29) is 17.4 Å². The molecular weight excluding hydrogens is 326 g/mol. The number of hydrogen-bond donors (Lipinski definition) is 2. The van der Waals surface area contributed by atoms with Crippen molar-refractivity contribution in [1.82, 2.24) is 5.32 Å². The van der Waals surface area contributed by atoms with Crippen LogP contribution >= 0.6 is 0 Å². The quantitative estimate of drug-likeness (QED) is 0.605. The van der Waals surface area contributed by atoms with Crippen LogP contribution in [0.4, 0.5) is 0 Å². The summed E-state index contributed by atoms with van der Waals surface area (Å²) in [6.45, 7) is 7.03. The molecule has 1 fully saturated rings. The lowest BCUT2D eigenvalue weighted by atomic mass is 9.76. The zero-order valence-electron chi connectivity index (χ0n) is 17.0. The Kier molecular flexibility index (Phi) is 7.48. The normalized spacial score (nSPS) is 22.0. The lowest BCUT2D eigenvalue weighted by Crippen LogP contribution is -2.52. The predicted molar refractivity (Wildman–Crippen MR) is 106 cm³/mol. The fourth-order valence-electron chi connectivity index (χ4n) is 4.51. The number of ether oxygens (including phenoxy) is 1. The van der Waals surface area contributed by atoms with Gasteiger partial charge in [0.25, 0.3) is 0 Å². The molecule has 2 aliphatic rings. The van der Waals surface area contributed by atoms with Gasteiger partial charge in [0.1, 0.15) is 6.10 Å². The maximum absolute atomic E-state index is 13.3. The lowest BCUT2D eigenvalue weighted by molar-refractivity contribution is -0.178. The Labute approximate surface area is 159 Å². The average Bonchev–Trinajstić information content (AvgIpc) is 3.16. The summed E-state index contributed by atoms with van der Waals surface area (Å²) < 4.78 is 6.02. The van der Waals surface area contributed by atoms with E-state index in [0.29, 0.717) is 6.54 Å². The minimum atomic E-state index is -1.48. The second kappa shape index (κ2) is 9.18. The van der Waals surface area contributed by atoms with E-state index >= 15 is 0 Å². The van der Waals surface area contributed by atoms with Gasteiger partial charge in [0.15, 0.2) is 5.60 Å². The molecule has 4 nitrogen and oxygen atoms in total. The molecule has 0 aromatic rings. The molecule has 2 aliphatic carbocycles. The van der Waals surface area contributed by atoms with Crippen molar-refractivity contribution in [3.63, 3.8) is 0 Å². The summed E-state index contributed by atoms with van der Waals surface area (Å²) in [4.78, 5) is 13.3. The van der Waals surface area contributed by atoms with Crippen molar-refractivity contribution < 1.29 is 14.6 Å². The van der Waals surface area contributed by atoms with Crippen LogP contribution < -0.4 is 5.32 Å². The van der Waals surface area contributed by atoms with Gasteiger partial charge in [-0.1, -0.05) is 58.3 Å². The molecule has 0 bridgehead atoms. The first-order chi connectivity index (χ1) is 12.4. The van der Waals surface area contributed by atoms with Crippen LogP contribution in [-0.4, -0.2) is 36.4 Å². The van der Waals surface area contributed by atoms with Gasteiger partial charge in [-0.05, 0) is 44.7 Å². The number of likely N-dealkylation sites (N-methyl/N-ethyl adjacent to an activating group) is 1. The fourth-order valence-corrected chi connectivity index (χ4v) is 4.51. The minimum Gasteiger partial charge on any atom is -0.458 e. The van der Waals surface area contributed by atoms with E-state index in [1.807, 2.05) is 19.2 Å². The van der Waals surface area contributed by atoms with Gasteiger partial charge in [-0.25, -0.2) is 4.79 Å². The smallest absolute Gasteiger partial charge is 0.343 e. The average molecular weight is 364 g/mol. The van der Waals surface area contributed by atoms with E-state index in [4.69, 9.17) is 4.74 Å². The first kappa shape index (κ1) is 21.2. The minimum absolute atomic E-state index is 0.0303. The molecule has 1 unspecified atom stereocenters. The van der Waals surface area contributed by atoms with Crippen LogP contribution in [0.15, 0.2) is 23.8 Å². The maximum atomic E-state index is 13.3. The van der Waals surface area contributed by atoms with E-state index < -0.39 is 11.6 Å². The molecule has 2 atom stereocenters. The third kappa shape index (κ3) is 4.58. The van der Waals surface area contributed by atoms with E-state index in [0.717, 1.165) is 56.9 Å². The van der Waals surface area contributed by atoms with Gasteiger partial charge < -0.3 is 15.2 Å². The summed E-state index contributed by atoms with van der Waals surface area (Å²) in [5.41, 5.74) is -0.783. The van der Waals surface area contributed by atoms with Crippen molar-refractivity contribution in [2.75, 3.05) is 13.6 Å². The zero-order valence-corrected chi connectivity index (χ0v) is 17.0. The number of carbonyl (C=O) groups excluding carboxylic acids is 1. The Balaban J connectivity index is 2.27. The number of nitrogens with one attached hydrogen (secondary N) is 1. The molecule has 2 rings (SSSR count). The number of allylic oxidation sites excluding steroid dienone is 3. The topological polar surface area (TPSA) is 58.6 Å². The molecule has 0 amide bonds. The van der Waals surface area contributed by atoms with Gasteiger partial charge in [-0.3, -0.25) is 0 Å². The van der Waals surface area contributed by atoms with Crippen molar-refractivity contribution in [1.29, 1.82) is 0 Å². The molecule has 4 heteroatoms. The van der Waals surface area contributed by atoms with Crippen molar-refractivity contribution in [2.24, 2.45) is 11.3 Å². The van der Waals surface area contributed by atoms with Gasteiger partial charge in [-0.15, -0.1) is 0 Å². The molecule has 0 spiro atoms. The van der Waals surface area contributed by atoms with Gasteiger partial charge in [0.2, 0.25) is 0 Å². The molecule has 0 aliphatic heterocycles. The fraction of sp³-hybridized carbons (Fsp3) is 0.773. The number of esters is 1. The van der Waals surface area contributed by atoms with Crippen LogP contribution in [-0.2, 0) is 9.53 Å². The summed E-state index contributed by atoms with van der Waals surface area (Å²) in [5, 5.41) is 14.8. The van der Waals surface area contributed by atoms with Gasteiger partial charge in [0.05, 0.1) is 0 Å². The molecule has 0 saturated heterocycles. The Morgan fingerprint density at radius 1 is 1.38 bits per heavy atom. The van der Waals surface area contributed by atoms with E-state index in [2.05, 4.69) is 32.2 Å². The number of hydrogen-bond acceptors (Lipinski definition) is 4. The molecule has 1 saturated carbocycles. The summed E-state index contributed by atoms with van der Waals surface area (Å²) in [5.74, 6) is -0.479. The van der Waals surface area contributed by atoms with Crippen LogP contribution in [0.25, 0.3) is 0 Å². The van der Waals surface area contributed by atoms with Gasteiger partial charge in [-0.2, -0.15) is 0 Å². The van der Waals surface area contributed by atoms with E-state index in [1.54, 1.807) is 0 Å². The lowest BCUT2D eigenvalue weighted by Gasteiger charge is -2.39. The Hall–Kier alpha value is -1.13. The van der Waals surface area contributed by atoms with E-state index in [9.17, 15) is 9.90 Å². The maximum Gasteiger partial charge on any atom is 0.343 e. The molecule has 2 N–H and O–H groups in total. The predicted octanol–water partition coefficient (Wildman–Crippen LogP) is 4.14. The van der Waals surface area contributed by atoms with Gasteiger partial charge in [0, 0.05) is 17.9 Å². The summed E-state index contributed by atoms with van der Waals surface area (Å²) in [6.07, 6.45) is 13.2.